The standard InChI is InChI=1S/C13H17F3N2O3/c1-9(2)6-17-7-10-3-4-12(11(5-10)18(19)20)21-8-13(14,15)16/h3-5,9,17H,6-8H2,1-2H3. The second-order valence-corrected chi connectivity index (χ2v) is 4.99. The highest BCUT2D eigenvalue weighted by atomic mass is 19.4. The lowest BCUT2D eigenvalue weighted by Crippen LogP contribution is -2.20. The van der Waals surface area contributed by atoms with Gasteiger partial charge in [0, 0.05) is 12.6 Å². The first-order valence-corrected chi connectivity index (χ1v) is 6.36. The average Bonchev–Trinajstić information content (AvgIpc) is 2.35. The molecular weight excluding hydrogens is 289 g/mol. The molecule has 0 heterocycles. The second kappa shape index (κ2) is 7.26. The molecule has 0 saturated carbocycles. The minimum absolute atomic E-state index is 0.384. The Hall–Kier alpha value is -1.83. The number of hydrogen-bond donors (Lipinski definition) is 1. The van der Waals surface area contributed by atoms with Crippen LogP contribution in [0.15, 0.2) is 18.2 Å². The summed E-state index contributed by atoms with van der Waals surface area (Å²) in [4.78, 5) is 10.2. The molecule has 1 N–H and O–H groups in total. The van der Waals surface area contributed by atoms with Crippen LogP contribution in [0.4, 0.5) is 18.9 Å². The summed E-state index contributed by atoms with van der Waals surface area (Å²) in [6, 6.07) is 3.92. The Morgan fingerprint density at radius 3 is 2.57 bits per heavy atom. The normalized spacial score (nSPS) is 11.7. The highest BCUT2D eigenvalue weighted by molar-refractivity contribution is 5.48. The van der Waals surface area contributed by atoms with Crippen molar-refractivity contribution >= 4 is 5.69 Å². The van der Waals surface area contributed by atoms with Gasteiger partial charge < -0.3 is 10.1 Å². The van der Waals surface area contributed by atoms with Gasteiger partial charge in [-0.3, -0.25) is 10.1 Å². The molecule has 0 unspecified atom stereocenters. The van der Waals surface area contributed by atoms with Crippen LogP contribution in [-0.4, -0.2) is 24.3 Å². The van der Waals surface area contributed by atoms with Crippen LogP contribution in [0.3, 0.4) is 0 Å². The molecule has 0 bridgehead atoms. The van der Waals surface area contributed by atoms with E-state index < -0.39 is 23.4 Å². The molecule has 0 aromatic heterocycles. The van der Waals surface area contributed by atoms with Crippen LogP contribution in [0.25, 0.3) is 0 Å². The fraction of sp³-hybridized carbons (Fsp3) is 0.538. The van der Waals surface area contributed by atoms with Crippen LogP contribution < -0.4 is 10.1 Å². The quantitative estimate of drug-likeness (QED) is 0.620. The molecule has 0 aliphatic rings. The summed E-state index contributed by atoms with van der Waals surface area (Å²) in [5.41, 5.74) is 0.143. The third-order valence-electron chi connectivity index (χ3n) is 2.49. The van der Waals surface area contributed by atoms with E-state index in [0.29, 0.717) is 18.0 Å². The Labute approximate surface area is 120 Å². The zero-order chi connectivity index (χ0) is 16.0. The van der Waals surface area contributed by atoms with Crippen LogP contribution >= 0.6 is 0 Å². The number of nitrogens with one attached hydrogen (secondary N) is 1. The summed E-state index contributed by atoms with van der Waals surface area (Å²) in [5, 5.41) is 14.0. The van der Waals surface area contributed by atoms with E-state index in [0.717, 1.165) is 6.54 Å². The third-order valence-corrected chi connectivity index (χ3v) is 2.49. The first-order valence-electron chi connectivity index (χ1n) is 6.36. The van der Waals surface area contributed by atoms with Crippen LogP contribution in [0.1, 0.15) is 19.4 Å². The largest absolute Gasteiger partial charge is 0.477 e. The zero-order valence-electron chi connectivity index (χ0n) is 11.7. The van der Waals surface area contributed by atoms with Gasteiger partial charge in [-0.15, -0.1) is 0 Å². The van der Waals surface area contributed by atoms with E-state index in [2.05, 4.69) is 10.1 Å². The molecule has 0 spiro atoms. The fourth-order valence-corrected chi connectivity index (χ4v) is 1.60. The van der Waals surface area contributed by atoms with Crippen LogP contribution in [0, 0.1) is 16.0 Å². The number of nitro groups is 1. The molecule has 0 saturated heterocycles. The molecule has 1 aromatic carbocycles. The number of hydrogen-bond acceptors (Lipinski definition) is 4. The maximum atomic E-state index is 12.1. The minimum Gasteiger partial charge on any atom is -0.477 e. The second-order valence-electron chi connectivity index (χ2n) is 4.99. The Morgan fingerprint density at radius 1 is 1.38 bits per heavy atom. The van der Waals surface area contributed by atoms with Gasteiger partial charge in [-0.1, -0.05) is 19.9 Å². The highest BCUT2D eigenvalue weighted by Gasteiger charge is 2.30. The molecule has 5 nitrogen and oxygen atoms in total. The van der Waals surface area contributed by atoms with E-state index in [1.54, 1.807) is 0 Å². The summed E-state index contributed by atoms with van der Waals surface area (Å²) in [7, 11) is 0. The molecular formula is C13H17F3N2O3. The molecule has 21 heavy (non-hydrogen) atoms. The molecule has 0 atom stereocenters. The number of halogens is 3. The van der Waals surface area contributed by atoms with Crippen LogP contribution in [0.2, 0.25) is 0 Å². The first-order chi connectivity index (χ1) is 9.69. The van der Waals surface area contributed by atoms with Crippen LogP contribution in [-0.2, 0) is 6.54 Å². The Kier molecular flexibility index (Phi) is 5.95. The van der Waals surface area contributed by atoms with E-state index >= 15 is 0 Å². The van der Waals surface area contributed by atoms with Crippen molar-refractivity contribution in [3.05, 3.63) is 33.9 Å². The van der Waals surface area contributed by atoms with Gasteiger partial charge in [0.1, 0.15) is 0 Å². The van der Waals surface area contributed by atoms with Crippen molar-refractivity contribution in [3.63, 3.8) is 0 Å². The van der Waals surface area contributed by atoms with E-state index in [9.17, 15) is 23.3 Å². The van der Waals surface area contributed by atoms with Crippen molar-refractivity contribution in [2.45, 2.75) is 26.6 Å². The number of ether oxygens (including phenoxy) is 1. The topological polar surface area (TPSA) is 64.4 Å². The molecule has 1 rings (SSSR count). The Morgan fingerprint density at radius 2 is 2.05 bits per heavy atom. The van der Waals surface area contributed by atoms with E-state index in [1.807, 2.05) is 13.8 Å². The molecule has 0 fully saturated rings. The first kappa shape index (κ1) is 17.2. The van der Waals surface area contributed by atoms with E-state index in [4.69, 9.17) is 0 Å². The summed E-state index contributed by atoms with van der Waals surface area (Å²) in [6.45, 7) is 3.62. The highest BCUT2D eigenvalue weighted by Crippen LogP contribution is 2.29. The summed E-state index contributed by atoms with van der Waals surface area (Å²) in [6.07, 6.45) is -4.54. The molecule has 0 amide bonds. The maximum Gasteiger partial charge on any atom is 0.422 e. The van der Waals surface area contributed by atoms with Crippen LogP contribution in [0.5, 0.6) is 5.75 Å². The van der Waals surface area contributed by atoms with Gasteiger partial charge in [0.15, 0.2) is 12.4 Å². The maximum absolute atomic E-state index is 12.1. The van der Waals surface area contributed by atoms with Crippen molar-refractivity contribution < 1.29 is 22.8 Å². The molecule has 0 aliphatic carbocycles. The number of nitro benzene ring substituents is 1. The zero-order valence-corrected chi connectivity index (χ0v) is 11.7. The van der Waals surface area contributed by atoms with Crippen molar-refractivity contribution in [2.75, 3.05) is 13.2 Å². The average molecular weight is 306 g/mol. The lowest BCUT2D eigenvalue weighted by Gasteiger charge is -2.11. The lowest BCUT2D eigenvalue weighted by atomic mass is 10.1. The summed E-state index contributed by atoms with van der Waals surface area (Å²) < 4.78 is 40.7. The molecule has 1 aromatic rings. The predicted molar refractivity (Wildman–Crippen MR) is 71.2 cm³/mol. The van der Waals surface area contributed by atoms with Gasteiger partial charge in [-0.05, 0) is 24.1 Å². The Bertz CT molecular complexity index is 490. The van der Waals surface area contributed by atoms with Crippen molar-refractivity contribution in [1.82, 2.24) is 5.32 Å². The summed E-state index contributed by atoms with van der Waals surface area (Å²) >= 11 is 0. The van der Waals surface area contributed by atoms with Gasteiger partial charge in [-0.25, -0.2) is 0 Å². The number of alkyl halides is 3. The van der Waals surface area contributed by atoms with E-state index in [1.165, 1.54) is 18.2 Å². The predicted octanol–water partition coefficient (Wildman–Crippen LogP) is 3.28. The monoisotopic (exact) mass is 306 g/mol. The molecule has 0 aliphatic heterocycles. The van der Waals surface area contributed by atoms with Gasteiger partial charge in [-0.2, -0.15) is 13.2 Å². The number of benzene rings is 1. The molecule has 0 radical (unpaired) electrons. The number of rotatable bonds is 7. The van der Waals surface area contributed by atoms with E-state index in [-0.39, 0.29) is 5.75 Å². The third kappa shape index (κ3) is 6.44. The van der Waals surface area contributed by atoms with Gasteiger partial charge >= 0.3 is 11.9 Å². The van der Waals surface area contributed by atoms with Gasteiger partial charge in [0.05, 0.1) is 4.92 Å². The van der Waals surface area contributed by atoms with Gasteiger partial charge in [0.25, 0.3) is 0 Å². The Balaban J connectivity index is 2.79. The lowest BCUT2D eigenvalue weighted by molar-refractivity contribution is -0.386. The van der Waals surface area contributed by atoms with Crippen molar-refractivity contribution in [2.24, 2.45) is 5.92 Å². The SMILES string of the molecule is CC(C)CNCc1ccc(OCC(F)(F)F)c([N+](=O)[O-])c1. The number of nitrogens with zero attached hydrogens (tertiary/aromatic N) is 1. The smallest absolute Gasteiger partial charge is 0.422 e. The minimum atomic E-state index is -4.54. The van der Waals surface area contributed by atoms with Gasteiger partial charge in [0.2, 0.25) is 0 Å². The van der Waals surface area contributed by atoms with Crippen molar-refractivity contribution in [3.8, 4) is 5.75 Å². The van der Waals surface area contributed by atoms with Crippen molar-refractivity contribution in [1.29, 1.82) is 0 Å². The molecule has 8 heteroatoms. The molecule has 118 valence electrons. The fourth-order valence-electron chi connectivity index (χ4n) is 1.60. The summed E-state index contributed by atoms with van der Waals surface area (Å²) in [5.74, 6) is 0.0410.